The molecule has 126 valence electrons. The van der Waals surface area contributed by atoms with Crippen LogP contribution in [0.1, 0.15) is 6.42 Å². The van der Waals surface area contributed by atoms with Crippen molar-refractivity contribution in [1.29, 1.82) is 5.26 Å². The summed E-state index contributed by atoms with van der Waals surface area (Å²) < 4.78 is 14.4. The van der Waals surface area contributed by atoms with Crippen LogP contribution < -0.4 is 4.90 Å². The van der Waals surface area contributed by atoms with Crippen molar-refractivity contribution >= 4 is 40.1 Å². The number of halogens is 2. The Hall–Kier alpha value is -1.69. The Morgan fingerprint density at radius 2 is 2.25 bits per heavy atom. The Morgan fingerprint density at radius 1 is 1.46 bits per heavy atom. The highest BCUT2D eigenvalue weighted by Crippen LogP contribution is 2.31. The fraction of sp³-hybridized carbons (Fsp3) is 0.467. The number of nitrogens with zero attached hydrogens (tertiary/aromatic N) is 6. The van der Waals surface area contributed by atoms with Crippen molar-refractivity contribution in [2.45, 2.75) is 17.6 Å². The number of hydrogen-bond donors (Lipinski definition) is 0. The Balaban J connectivity index is 2.08. The smallest absolute Gasteiger partial charge is 0.189 e. The number of nitriles is 1. The molecule has 6 nitrogen and oxygen atoms in total. The summed E-state index contributed by atoms with van der Waals surface area (Å²) >= 11 is 7.14. The van der Waals surface area contributed by atoms with Gasteiger partial charge in [0.05, 0.1) is 17.9 Å². The topological polar surface area (TPSA) is 68.9 Å². The molecular formula is C15H16ClFN6S. The molecule has 3 rings (SSSR count). The number of thioether (sulfide) groups is 1. The van der Waals surface area contributed by atoms with Crippen LogP contribution in [0.4, 0.5) is 10.2 Å². The molecule has 2 aromatic rings. The van der Waals surface area contributed by atoms with E-state index in [9.17, 15) is 4.39 Å². The van der Waals surface area contributed by atoms with Gasteiger partial charge in [0.25, 0.3) is 0 Å². The molecule has 0 amide bonds. The zero-order chi connectivity index (χ0) is 17.3. The average molecular weight is 367 g/mol. The van der Waals surface area contributed by atoms with E-state index < -0.39 is 5.82 Å². The van der Waals surface area contributed by atoms with E-state index in [-0.39, 0.29) is 16.7 Å². The fourth-order valence-corrected chi connectivity index (χ4v) is 3.29. The van der Waals surface area contributed by atoms with Crippen LogP contribution in [0.2, 0.25) is 5.15 Å². The molecule has 1 saturated heterocycles. The number of hydrogen-bond acceptors (Lipinski definition) is 7. The van der Waals surface area contributed by atoms with Crippen molar-refractivity contribution in [3.8, 4) is 6.07 Å². The summed E-state index contributed by atoms with van der Waals surface area (Å²) in [6.45, 7) is 2.19. The van der Waals surface area contributed by atoms with Crippen LogP contribution >= 0.6 is 23.4 Å². The third-order valence-electron chi connectivity index (χ3n) is 4.19. The molecule has 0 saturated carbocycles. The molecule has 0 aliphatic carbocycles. The van der Waals surface area contributed by atoms with E-state index in [1.165, 1.54) is 18.0 Å². The minimum absolute atomic E-state index is 0.108. The van der Waals surface area contributed by atoms with Crippen molar-refractivity contribution in [2.75, 3.05) is 37.8 Å². The molecule has 24 heavy (non-hydrogen) atoms. The fourth-order valence-electron chi connectivity index (χ4n) is 2.80. The summed E-state index contributed by atoms with van der Waals surface area (Å²) in [5.74, 6) is 0.0132. The largest absolute Gasteiger partial charge is 0.353 e. The van der Waals surface area contributed by atoms with Gasteiger partial charge in [-0.3, -0.25) is 4.90 Å². The summed E-state index contributed by atoms with van der Waals surface area (Å²) in [6, 6.07) is 2.33. The first-order valence-electron chi connectivity index (χ1n) is 7.43. The molecule has 0 bridgehead atoms. The van der Waals surface area contributed by atoms with E-state index in [0.29, 0.717) is 29.3 Å². The van der Waals surface area contributed by atoms with Gasteiger partial charge in [-0.05, 0) is 13.3 Å². The number of aromatic nitrogens is 3. The lowest BCUT2D eigenvalue weighted by atomic mass is 10.1. The van der Waals surface area contributed by atoms with Gasteiger partial charge in [-0.1, -0.05) is 23.4 Å². The SMILES string of the molecule is CSc1nc(N2CCN(C)[C@@H](CC#N)C2)c2cnc(Cl)c(F)c2n1. The molecule has 1 atom stereocenters. The molecule has 1 aliphatic rings. The lowest BCUT2D eigenvalue weighted by Crippen LogP contribution is -2.51. The first-order chi connectivity index (χ1) is 11.5. The van der Waals surface area contributed by atoms with Crippen molar-refractivity contribution in [1.82, 2.24) is 19.9 Å². The molecule has 0 unspecified atom stereocenters. The monoisotopic (exact) mass is 366 g/mol. The molecule has 0 radical (unpaired) electrons. The Labute approximate surface area is 148 Å². The van der Waals surface area contributed by atoms with Gasteiger partial charge in [0.15, 0.2) is 16.1 Å². The standard InChI is InChI=1S/C15H16ClFN6S/c1-22-5-6-23(8-9(22)3-4-18)14-10-7-19-13(16)11(17)12(10)20-15(21-14)24-2/h7,9H,3,5-6,8H2,1-2H3/t9-/m0/s1. The molecule has 0 spiro atoms. The second kappa shape index (κ2) is 7.05. The van der Waals surface area contributed by atoms with Crippen LogP contribution in [0.25, 0.3) is 10.9 Å². The number of anilines is 1. The van der Waals surface area contributed by atoms with Crippen molar-refractivity contribution in [3.05, 3.63) is 17.2 Å². The van der Waals surface area contributed by atoms with Crippen LogP contribution in [-0.4, -0.2) is 58.8 Å². The normalized spacial score (nSPS) is 18.8. The maximum absolute atomic E-state index is 14.4. The summed E-state index contributed by atoms with van der Waals surface area (Å²) in [4.78, 5) is 16.9. The third-order valence-corrected chi connectivity index (χ3v) is 5.00. The number of pyridine rings is 1. The molecule has 0 aromatic carbocycles. The van der Waals surface area contributed by atoms with Crippen LogP contribution in [0, 0.1) is 17.1 Å². The van der Waals surface area contributed by atoms with Gasteiger partial charge in [0, 0.05) is 31.9 Å². The average Bonchev–Trinajstić information content (AvgIpc) is 2.59. The molecule has 9 heteroatoms. The first-order valence-corrected chi connectivity index (χ1v) is 9.03. The Morgan fingerprint density at radius 3 is 2.96 bits per heavy atom. The highest BCUT2D eigenvalue weighted by Gasteiger charge is 2.27. The molecular weight excluding hydrogens is 351 g/mol. The van der Waals surface area contributed by atoms with E-state index in [1.54, 1.807) is 0 Å². The van der Waals surface area contributed by atoms with E-state index in [2.05, 4.69) is 30.8 Å². The zero-order valence-corrected chi connectivity index (χ0v) is 14.9. The van der Waals surface area contributed by atoms with E-state index in [1.807, 2.05) is 13.3 Å². The molecule has 0 N–H and O–H groups in total. The predicted molar refractivity (Wildman–Crippen MR) is 92.9 cm³/mol. The Kier molecular flexibility index (Phi) is 5.04. The number of rotatable bonds is 3. The zero-order valence-electron chi connectivity index (χ0n) is 13.3. The highest BCUT2D eigenvalue weighted by molar-refractivity contribution is 7.98. The minimum atomic E-state index is -0.629. The number of likely N-dealkylation sites (N-methyl/N-ethyl adjacent to an activating group) is 1. The van der Waals surface area contributed by atoms with Gasteiger partial charge in [0.2, 0.25) is 0 Å². The van der Waals surface area contributed by atoms with Gasteiger partial charge in [-0.25, -0.2) is 19.3 Å². The van der Waals surface area contributed by atoms with Gasteiger partial charge in [-0.2, -0.15) is 5.26 Å². The van der Waals surface area contributed by atoms with Crippen molar-refractivity contribution in [3.63, 3.8) is 0 Å². The van der Waals surface area contributed by atoms with E-state index >= 15 is 0 Å². The first kappa shape index (κ1) is 17.1. The lowest BCUT2D eigenvalue weighted by Gasteiger charge is -2.39. The molecule has 1 aliphatic heterocycles. The van der Waals surface area contributed by atoms with E-state index in [4.69, 9.17) is 16.9 Å². The second-order valence-corrected chi connectivity index (χ2v) is 6.73. The van der Waals surface area contributed by atoms with Gasteiger partial charge >= 0.3 is 0 Å². The van der Waals surface area contributed by atoms with E-state index in [0.717, 1.165) is 13.1 Å². The van der Waals surface area contributed by atoms with Crippen LogP contribution in [0.15, 0.2) is 11.4 Å². The van der Waals surface area contributed by atoms with Gasteiger partial charge in [-0.15, -0.1) is 0 Å². The maximum Gasteiger partial charge on any atom is 0.189 e. The van der Waals surface area contributed by atoms with Crippen molar-refractivity contribution < 1.29 is 4.39 Å². The van der Waals surface area contributed by atoms with Crippen LogP contribution in [-0.2, 0) is 0 Å². The maximum atomic E-state index is 14.4. The van der Waals surface area contributed by atoms with Crippen molar-refractivity contribution in [2.24, 2.45) is 0 Å². The van der Waals surface area contributed by atoms with Gasteiger partial charge in [0.1, 0.15) is 11.3 Å². The number of fused-ring (bicyclic) bond motifs is 1. The number of piperazine rings is 1. The minimum Gasteiger partial charge on any atom is -0.353 e. The third kappa shape index (κ3) is 3.11. The van der Waals surface area contributed by atoms with Gasteiger partial charge < -0.3 is 4.90 Å². The van der Waals surface area contributed by atoms with Crippen LogP contribution in [0.5, 0.6) is 0 Å². The lowest BCUT2D eigenvalue weighted by molar-refractivity contribution is 0.221. The summed E-state index contributed by atoms with van der Waals surface area (Å²) in [7, 11) is 2.01. The Bertz CT molecular complexity index is 811. The van der Waals surface area contributed by atoms with Crippen LogP contribution in [0.3, 0.4) is 0 Å². The molecule has 3 heterocycles. The summed E-state index contributed by atoms with van der Waals surface area (Å²) in [5, 5.41) is 9.84. The second-order valence-electron chi connectivity index (χ2n) is 5.60. The molecule has 2 aromatic heterocycles. The summed E-state index contributed by atoms with van der Waals surface area (Å²) in [5.41, 5.74) is 0.181. The molecule has 1 fully saturated rings. The predicted octanol–water partition coefficient (Wildman–Crippen LogP) is 2.57. The quantitative estimate of drug-likeness (QED) is 0.469. The highest BCUT2D eigenvalue weighted by atomic mass is 35.5. The summed E-state index contributed by atoms with van der Waals surface area (Å²) in [6.07, 6.45) is 3.79.